The third-order valence-electron chi connectivity index (χ3n) is 3.16. The van der Waals surface area contributed by atoms with Crippen molar-refractivity contribution >= 4 is 23.5 Å². The fourth-order valence-electron chi connectivity index (χ4n) is 2.19. The monoisotopic (exact) mass is 269 g/mol. The van der Waals surface area contributed by atoms with Crippen molar-refractivity contribution in [3.05, 3.63) is 0 Å². The second-order valence-corrected chi connectivity index (χ2v) is 4.48. The van der Waals surface area contributed by atoms with Crippen LogP contribution in [-0.4, -0.2) is 59.3 Å². The Balaban J connectivity index is 2.13. The van der Waals surface area contributed by atoms with Gasteiger partial charge in [0.15, 0.2) is 0 Å². The van der Waals surface area contributed by atoms with Crippen LogP contribution in [0, 0.1) is 0 Å². The van der Waals surface area contributed by atoms with E-state index in [0.29, 0.717) is 0 Å². The van der Waals surface area contributed by atoms with Crippen LogP contribution >= 0.6 is 0 Å². The standard InChI is InChI=1S/C11H15N3O5/c1-19-11(18)8-4-6(15)5-14(8)10(17)7-2-3-9(16)13-12-7/h6,8,15H,2-5H2,1H3,(H,13,16). The van der Waals surface area contributed by atoms with Crippen LogP contribution in [0.25, 0.3) is 0 Å². The Labute approximate surface area is 109 Å². The van der Waals surface area contributed by atoms with Gasteiger partial charge in [-0.25, -0.2) is 10.2 Å². The molecule has 1 fully saturated rings. The maximum Gasteiger partial charge on any atom is 0.328 e. The van der Waals surface area contributed by atoms with Gasteiger partial charge in [0.25, 0.3) is 5.91 Å². The molecule has 0 radical (unpaired) electrons. The molecule has 2 atom stereocenters. The summed E-state index contributed by atoms with van der Waals surface area (Å²) in [6.07, 6.45) is -0.195. The molecule has 2 amide bonds. The molecule has 0 aliphatic carbocycles. The van der Waals surface area contributed by atoms with Crippen molar-refractivity contribution in [2.75, 3.05) is 13.7 Å². The number of carbonyl (C=O) groups excluding carboxylic acids is 3. The first-order valence-electron chi connectivity index (χ1n) is 5.95. The van der Waals surface area contributed by atoms with Gasteiger partial charge in [0.2, 0.25) is 5.91 Å². The van der Waals surface area contributed by atoms with Crippen LogP contribution in [-0.2, 0) is 19.1 Å². The van der Waals surface area contributed by atoms with Crippen molar-refractivity contribution < 1.29 is 24.2 Å². The molecule has 0 bridgehead atoms. The zero-order chi connectivity index (χ0) is 14.0. The number of rotatable bonds is 2. The van der Waals surface area contributed by atoms with E-state index in [0.717, 1.165) is 0 Å². The van der Waals surface area contributed by atoms with E-state index in [2.05, 4.69) is 15.3 Å². The normalized spacial score (nSPS) is 26.7. The molecule has 2 heterocycles. The third kappa shape index (κ3) is 2.73. The number of hydrazone groups is 1. The van der Waals surface area contributed by atoms with Gasteiger partial charge in [-0.2, -0.15) is 5.10 Å². The van der Waals surface area contributed by atoms with Crippen molar-refractivity contribution in [2.24, 2.45) is 5.10 Å². The van der Waals surface area contributed by atoms with Gasteiger partial charge in [0.05, 0.1) is 13.2 Å². The number of β-amino-alcohol motifs (C(OH)–C–C–N with tert-alkyl or cyclic N) is 1. The lowest BCUT2D eigenvalue weighted by Gasteiger charge is -2.23. The number of hydrogen-bond donors (Lipinski definition) is 2. The largest absolute Gasteiger partial charge is 0.467 e. The van der Waals surface area contributed by atoms with Crippen LogP contribution in [0.15, 0.2) is 5.10 Å². The summed E-state index contributed by atoms with van der Waals surface area (Å²) in [5, 5.41) is 13.3. The summed E-state index contributed by atoms with van der Waals surface area (Å²) in [5.74, 6) is -1.26. The minimum Gasteiger partial charge on any atom is -0.467 e. The van der Waals surface area contributed by atoms with Gasteiger partial charge >= 0.3 is 5.97 Å². The Kier molecular flexibility index (Phi) is 3.79. The van der Waals surface area contributed by atoms with Crippen molar-refractivity contribution in [1.29, 1.82) is 0 Å². The van der Waals surface area contributed by atoms with Gasteiger partial charge in [-0.1, -0.05) is 0 Å². The van der Waals surface area contributed by atoms with Gasteiger partial charge in [-0.15, -0.1) is 0 Å². The Hall–Kier alpha value is -1.96. The van der Waals surface area contributed by atoms with Crippen LogP contribution in [0.1, 0.15) is 19.3 Å². The number of methoxy groups -OCH3 is 1. The molecule has 0 spiro atoms. The first kappa shape index (κ1) is 13.5. The minimum atomic E-state index is -0.798. The molecule has 2 unspecified atom stereocenters. The van der Waals surface area contributed by atoms with E-state index in [1.165, 1.54) is 12.0 Å². The van der Waals surface area contributed by atoms with Crippen LogP contribution in [0.3, 0.4) is 0 Å². The Morgan fingerprint density at radius 2 is 2.21 bits per heavy atom. The Morgan fingerprint density at radius 3 is 2.79 bits per heavy atom. The van der Waals surface area contributed by atoms with E-state index >= 15 is 0 Å². The quantitative estimate of drug-likeness (QED) is 0.586. The van der Waals surface area contributed by atoms with Gasteiger partial charge < -0.3 is 14.7 Å². The lowest BCUT2D eigenvalue weighted by molar-refractivity contribution is -0.149. The van der Waals surface area contributed by atoms with Crippen LogP contribution in [0.5, 0.6) is 0 Å². The number of aliphatic hydroxyl groups excluding tert-OH is 1. The minimum absolute atomic E-state index is 0.0611. The predicted molar refractivity (Wildman–Crippen MR) is 63.0 cm³/mol. The molecule has 19 heavy (non-hydrogen) atoms. The smallest absolute Gasteiger partial charge is 0.328 e. The molecule has 0 aromatic heterocycles. The maximum atomic E-state index is 12.2. The summed E-state index contributed by atoms with van der Waals surface area (Å²) in [6, 6.07) is -0.798. The highest BCUT2D eigenvalue weighted by Gasteiger charge is 2.41. The molecule has 104 valence electrons. The lowest BCUT2D eigenvalue weighted by atomic mass is 10.1. The third-order valence-corrected chi connectivity index (χ3v) is 3.16. The number of nitrogens with one attached hydrogen (secondary N) is 1. The number of carbonyl (C=O) groups is 3. The molecule has 2 aliphatic rings. The first-order chi connectivity index (χ1) is 9.02. The number of esters is 1. The molecule has 0 aromatic rings. The fourth-order valence-corrected chi connectivity index (χ4v) is 2.19. The van der Waals surface area contributed by atoms with Gasteiger partial charge in [0, 0.05) is 25.8 Å². The van der Waals surface area contributed by atoms with E-state index in [1.807, 2.05) is 0 Å². The summed E-state index contributed by atoms with van der Waals surface area (Å²) < 4.78 is 4.61. The number of aliphatic hydroxyl groups is 1. The second-order valence-electron chi connectivity index (χ2n) is 4.48. The van der Waals surface area contributed by atoms with Gasteiger partial charge in [0.1, 0.15) is 11.8 Å². The topological polar surface area (TPSA) is 108 Å². The summed E-state index contributed by atoms with van der Waals surface area (Å²) >= 11 is 0. The SMILES string of the molecule is COC(=O)C1CC(O)CN1C(=O)C1=NNC(=O)CC1. The van der Waals surface area contributed by atoms with Crippen molar-refractivity contribution in [3.8, 4) is 0 Å². The summed E-state index contributed by atoms with van der Waals surface area (Å²) in [5.41, 5.74) is 2.41. The molecule has 0 aromatic carbocycles. The fraction of sp³-hybridized carbons (Fsp3) is 0.636. The van der Waals surface area contributed by atoms with Crippen molar-refractivity contribution in [2.45, 2.75) is 31.4 Å². The highest BCUT2D eigenvalue weighted by Crippen LogP contribution is 2.20. The van der Waals surface area contributed by atoms with Gasteiger partial charge in [-0.3, -0.25) is 9.59 Å². The zero-order valence-corrected chi connectivity index (χ0v) is 10.5. The zero-order valence-electron chi connectivity index (χ0n) is 10.5. The molecule has 2 N–H and O–H groups in total. The molecular weight excluding hydrogens is 254 g/mol. The number of amides is 2. The summed E-state index contributed by atoms with van der Waals surface area (Å²) in [4.78, 5) is 36.0. The van der Waals surface area contributed by atoms with Crippen LogP contribution in [0.4, 0.5) is 0 Å². The molecule has 1 saturated heterocycles. The second kappa shape index (κ2) is 5.35. The first-order valence-corrected chi connectivity index (χ1v) is 5.95. The van der Waals surface area contributed by atoms with Crippen LogP contribution in [0.2, 0.25) is 0 Å². The molecule has 2 aliphatic heterocycles. The molecule has 2 rings (SSSR count). The summed E-state index contributed by atoms with van der Waals surface area (Å²) in [6.45, 7) is 0.0611. The van der Waals surface area contributed by atoms with Crippen molar-refractivity contribution in [1.82, 2.24) is 10.3 Å². The Morgan fingerprint density at radius 1 is 1.47 bits per heavy atom. The van der Waals surface area contributed by atoms with E-state index in [9.17, 15) is 19.5 Å². The molecule has 8 nitrogen and oxygen atoms in total. The predicted octanol–water partition coefficient (Wildman–Crippen LogP) is -1.61. The highest BCUT2D eigenvalue weighted by atomic mass is 16.5. The summed E-state index contributed by atoms with van der Waals surface area (Å²) in [7, 11) is 1.23. The van der Waals surface area contributed by atoms with Crippen LogP contribution < -0.4 is 5.43 Å². The number of likely N-dealkylation sites (tertiary alicyclic amines) is 1. The maximum absolute atomic E-state index is 12.2. The average molecular weight is 269 g/mol. The molecule has 0 saturated carbocycles. The number of ether oxygens (including phenoxy) is 1. The van der Waals surface area contributed by atoms with E-state index in [1.54, 1.807) is 0 Å². The molecule has 8 heteroatoms. The lowest BCUT2D eigenvalue weighted by Crippen LogP contribution is -2.46. The van der Waals surface area contributed by atoms with E-state index < -0.39 is 24.0 Å². The van der Waals surface area contributed by atoms with E-state index in [4.69, 9.17) is 0 Å². The van der Waals surface area contributed by atoms with E-state index in [-0.39, 0.29) is 37.4 Å². The number of hydrogen-bond acceptors (Lipinski definition) is 6. The average Bonchev–Trinajstić information content (AvgIpc) is 2.80. The van der Waals surface area contributed by atoms with Crippen molar-refractivity contribution in [3.63, 3.8) is 0 Å². The number of nitrogens with zero attached hydrogens (tertiary/aromatic N) is 2. The molecular formula is C11H15N3O5. The highest BCUT2D eigenvalue weighted by molar-refractivity contribution is 6.39. The Bertz CT molecular complexity index is 448. The van der Waals surface area contributed by atoms with Gasteiger partial charge in [-0.05, 0) is 0 Å².